The molecule has 1 fully saturated rings. The summed E-state index contributed by atoms with van der Waals surface area (Å²) in [6.45, 7) is 2.47. The fraction of sp³-hybridized carbons (Fsp3) is 0.258. The number of nitrogens with one attached hydrogen (secondary N) is 2. The molecule has 4 rings (SSSR count). The predicted molar refractivity (Wildman–Crippen MR) is 156 cm³/mol. The van der Waals surface area contributed by atoms with Gasteiger partial charge in [0.2, 0.25) is 17.7 Å². The van der Waals surface area contributed by atoms with Crippen molar-refractivity contribution in [1.29, 1.82) is 0 Å². The van der Waals surface area contributed by atoms with Crippen LogP contribution in [-0.2, 0) is 20.6 Å². The van der Waals surface area contributed by atoms with Crippen LogP contribution in [0.4, 0.5) is 30.2 Å². The number of carbonyl (C=O) groups excluding carboxylic acids is 3. The minimum absolute atomic E-state index is 0.0803. The second kappa shape index (κ2) is 12.9. The molecule has 3 aromatic rings. The molecule has 0 bridgehead atoms. The first-order chi connectivity index (χ1) is 19.9. The minimum atomic E-state index is -4.48. The van der Waals surface area contributed by atoms with E-state index >= 15 is 0 Å². The largest absolute Gasteiger partial charge is 0.416 e. The molecule has 1 aliphatic rings. The summed E-state index contributed by atoms with van der Waals surface area (Å²) in [5.41, 5.74) is 7.62. The molecule has 0 aliphatic carbocycles. The molecule has 3 amide bonds. The third-order valence-corrected chi connectivity index (χ3v) is 7.23. The van der Waals surface area contributed by atoms with E-state index in [4.69, 9.17) is 5.73 Å². The van der Waals surface area contributed by atoms with Gasteiger partial charge in [-0.3, -0.25) is 19.3 Å². The van der Waals surface area contributed by atoms with Gasteiger partial charge in [0.15, 0.2) is 0 Å². The summed E-state index contributed by atoms with van der Waals surface area (Å²) in [6, 6.07) is 17.4. The van der Waals surface area contributed by atoms with E-state index in [-0.39, 0.29) is 23.5 Å². The van der Waals surface area contributed by atoms with Gasteiger partial charge in [-0.15, -0.1) is 0 Å². The zero-order chi connectivity index (χ0) is 30.4. The Hall–Kier alpha value is -4.64. The highest BCUT2D eigenvalue weighted by Crippen LogP contribution is 2.32. The number of nitrogens with two attached hydrogens (primary N) is 1. The zero-order valence-corrected chi connectivity index (χ0v) is 23.2. The lowest BCUT2D eigenvalue weighted by atomic mass is 10.0. The molecule has 2 unspecified atom stereocenters. The van der Waals surface area contributed by atoms with Crippen molar-refractivity contribution in [3.05, 3.63) is 95.6 Å². The molecule has 3 aromatic carbocycles. The van der Waals surface area contributed by atoms with Crippen LogP contribution < -0.4 is 16.4 Å². The number of halogens is 3. The summed E-state index contributed by atoms with van der Waals surface area (Å²) in [5.74, 6) is -0.852. The van der Waals surface area contributed by atoms with Crippen molar-refractivity contribution in [1.82, 2.24) is 9.80 Å². The maximum Gasteiger partial charge on any atom is 0.416 e. The standard InChI is InChI=1S/C31H32F3N5O3/c1-20(40)38(2)25-17-18-39(19-25)29(30(42)36-24-14-12-23(13-15-24)31(32,33)34)22-10-7-21(8-11-22)9-16-28(41)37-27-6-4-3-5-26(27)35/h3-16,25,29H,17-19,35H2,1-2H3,(H,36,42)(H,37,41)/b16-9+. The number of nitrogen functional groups attached to an aromatic ring is 1. The normalized spacial score (nSPS) is 16.3. The van der Waals surface area contributed by atoms with E-state index < -0.39 is 23.7 Å². The van der Waals surface area contributed by atoms with E-state index in [2.05, 4.69) is 10.6 Å². The zero-order valence-electron chi connectivity index (χ0n) is 23.2. The lowest BCUT2D eigenvalue weighted by molar-refractivity contribution is -0.137. The molecule has 11 heteroatoms. The molecule has 0 aromatic heterocycles. The lowest BCUT2D eigenvalue weighted by Crippen LogP contribution is -2.40. The number of rotatable bonds is 8. The number of amides is 3. The van der Waals surface area contributed by atoms with Gasteiger partial charge in [-0.2, -0.15) is 13.2 Å². The summed E-state index contributed by atoms with van der Waals surface area (Å²) < 4.78 is 39.0. The van der Waals surface area contributed by atoms with Gasteiger partial charge in [-0.05, 0) is 60.0 Å². The molecule has 220 valence electrons. The Morgan fingerprint density at radius 2 is 1.67 bits per heavy atom. The Morgan fingerprint density at radius 3 is 2.29 bits per heavy atom. The molecule has 4 N–H and O–H groups in total. The Bertz CT molecular complexity index is 1460. The third kappa shape index (κ3) is 7.55. The average Bonchev–Trinajstić information content (AvgIpc) is 3.43. The van der Waals surface area contributed by atoms with Gasteiger partial charge in [0, 0.05) is 44.9 Å². The summed E-state index contributed by atoms with van der Waals surface area (Å²) in [5, 5.41) is 5.46. The molecule has 0 saturated carbocycles. The lowest BCUT2D eigenvalue weighted by Gasteiger charge is -2.29. The maximum absolute atomic E-state index is 13.6. The summed E-state index contributed by atoms with van der Waals surface area (Å²) >= 11 is 0. The van der Waals surface area contributed by atoms with Crippen LogP contribution in [0.1, 0.15) is 36.1 Å². The topological polar surface area (TPSA) is 108 Å². The van der Waals surface area contributed by atoms with Crippen LogP contribution in [-0.4, -0.2) is 53.7 Å². The molecule has 1 saturated heterocycles. The Kier molecular flexibility index (Phi) is 9.31. The van der Waals surface area contributed by atoms with Crippen molar-refractivity contribution < 1.29 is 27.6 Å². The van der Waals surface area contributed by atoms with Gasteiger partial charge in [-0.1, -0.05) is 36.4 Å². The van der Waals surface area contributed by atoms with Crippen LogP contribution in [0.25, 0.3) is 6.08 Å². The molecule has 0 spiro atoms. The fourth-order valence-electron chi connectivity index (χ4n) is 4.80. The molecular weight excluding hydrogens is 547 g/mol. The Labute approximate surface area is 242 Å². The number of anilines is 3. The van der Waals surface area contributed by atoms with E-state index in [1.165, 1.54) is 25.1 Å². The first-order valence-corrected chi connectivity index (χ1v) is 13.3. The van der Waals surface area contributed by atoms with E-state index in [0.717, 1.165) is 12.1 Å². The summed E-state index contributed by atoms with van der Waals surface area (Å²) in [7, 11) is 1.72. The average molecular weight is 580 g/mol. The number of hydrogen-bond donors (Lipinski definition) is 3. The van der Waals surface area contributed by atoms with Crippen LogP contribution in [0, 0.1) is 0 Å². The molecule has 1 heterocycles. The number of likely N-dealkylation sites (tertiary alicyclic amines) is 1. The van der Waals surface area contributed by atoms with Crippen molar-refractivity contribution in [2.75, 3.05) is 36.5 Å². The van der Waals surface area contributed by atoms with Gasteiger partial charge >= 0.3 is 6.18 Å². The molecule has 2 atom stereocenters. The first kappa shape index (κ1) is 30.3. The van der Waals surface area contributed by atoms with Gasteiger partial charge in [0.05, 0.1) is 16.9 Å². The van der Waals surface area contributed by atoms with Crippen LogP contribution in [0.2, 0.25) is 0 Å². The number of nitrogens with zero attached hydrogens (tertiary/aromatic N) is 2. The summed E-state index contributed by atoms with van der Waals surface area (Å²) in [4.78, 5) is 41.4. The van der Waals surface area contributed by atoms with Crippen LogP contribution in [0.5, 0.6) is 0 Å². The van der Waals surface area contributed by atoms with E-state index in [1.54, 1.807) is 66.6 Å². The number of para-hydroxylation sites is 2. The molecular formula is C31H32F3N5O3. The fourth-order valence-corrected chi connectivity index (χ4v) is 4.80. The number of hydrogen-bond acceptors (Lipinski definition) is 5. The van der Waals surface area contributed by atoms with Crippen molar-refractivity contribution in [2.45, 2.75) is 31.6 Å². The van der Waals surface area contributed by atoms with Crippen LogP contribution in [0.15, 0.2) is 78.9 Å². The first-order valence-electron chi connectivity index (χ1n) is 13.3. The second-order valence-electron chi connectivity index (χ2n) is 10.1. The van der Waals surface area contributed by atoms with E-state index in [1.807, 2.05) is 4.90 Å². The smallest absolute Gasteiger partial charge is 0.397 e. The summed E-state index contributed by atoms with van der Waals surface area (Å²) in [6.07, 6.45) is -0.811. The highest BCUT2D eigenvalue weighted by Gasteiger charge is 2.36. The predicted octanol–water partition coefficient (Wildman–Crippen LogP) is 5.17. The van der Waals surface area contributed by atoms with E-state index in [0.29, 0.717) is 42.0 Å². The number of alkyl halides is 3. The highest BCUT2D eigenvalue weighted by atomic mass is 19.4. The quantitative estimate of drug-likeness (QED) is 0.252. The van der Waals surface area contributed by atoms with Crippen molar-refractivity contribution in [3.63, 3.8) is 0 Å². The Balaban J connectivity index is 1.52. The molecule has 8 nitrogen and oxygen atoms in total. The monoisotopic (exact) mass is 579 g/mol. The van der Waals surface area contributed by atoms with Crippen molar-refractivity contribution in [3.8, 4) is 0 Å². The van der Waals surface area contributed by atoms with Gasteiger partial charge in [0.25, 0.3) is 0 Å². The van der Waals surface area contributed by atoms with Crippen LogP contribution in [0.3, 0.4) is 0 Å². The van der Waals surface area contributed by atoms with Crippen molar-refractivity contribution >= 4 is 40.9 Å². The number of carbonyl (C=O) groups is 3. The molecule has 42 heavy (non-hydrogen) atoms. The van der Waals surface area contributed by atoms with Gasteiger partial charge in [0.1, 0.15) is 6.04 Å². The Morgan fingerprint density at radius 1 is 1.00 bits per heavy atom. The van der Waals surface area contributed by atoms with E-state index in [9.17, 15) is 27.6 Å². The van der Waals surface area contributed by atoms with Gasteiger partial charge in [-0.25, -0.2) is 0 Å². The van der Waals surface area contributed by atoms with Crippen LogP contribution >= 0.6 is 0 Å². The third-order valence-electron chi connectivity index (χ3n) is 7.23. The number of likely N-dealkylation sites (N-methyl/N-ethyl adjacent to an activating group) is 1. The minimum Gasteiger partial charge on any atom is -0.397 e. The maximum atomic E-state index is 13.6. The molecule has 0 radical (unpaired) electrons. The number of benzene rings is 3. The molecule has 1 aliphatic heterocycles. The van der Waals surface area contributed by atoms with Gasteiger partial charge < -0.3 is 21.3 Å². The second-order valence-corrected chi connectivity index (χ2v) is 10.1. The highest BCUT2D eigenvalue weighted by molar-refractivity contribution is 6.03. The van der Waals surface area contributed by atoms with Crippen molar-refractivity contribution in [2.24, 2.45) is 0 Å². The SMILES string of the molecule is CC(=O)N(C)C1CCN(C(C(=O)Nc2ccc(C(F)(F)F)cc2)c2ccc(/C=C/C(=O)Nc3ccccc3N)cc2)C1.